The van der Waals surface area contributed by atoms with Gasteiger partial charge >= 0.3 is 5.97 Å². The quantitative estimate of drug-likeness (QED) is 0.339. The summed E-state index contributed by atoms with van der Waals surface area (Å²) in [5.41, 5.74) is -0.326. The minimum absolute atomic E-state index is 0.0870. The van der Waals surface area contributed by atoms with Gasteiger partial charge in [0, 0.05) is 6.20 Å². The number of ether oxygens (including phenoxy) is 1. The van der Waals surface area contributed by atoms with E-state index in [2.05, 4.69) is 17.2 Å². The van der Waals surface area contributed by atoms with Gasteiger partial charge in [0.1, 0.15) is 6.54 Å². The lowest BCUT2D eigenvalue weighted by atomic mass is 10.1. The van der Waals surface area contributed by atoms with Gasteiger partial charge in [0.05, 0.1) is 18.4 Å². The third-order valence-electron chi connectivity index (χ3n) is 4.46. The SMILES string of the molecule is CCCCCCCCCCS(=O)(=O)NC(=O)c1cnc(C(=O)NCC(=O)O)c(OC)c1. The number of amides is 2. The molecule has 0 unspecified atom stereocenters. The summed E-state index contributed by atoms with van der Waals surface area (Å²) in [6.07, 6.45) is 9.04. The van der Waals surface area contributed by atoms with Crippen molar-refractivity contribution in [3.8, 4) is 5.75 Å². The van der Waals surface area contributed by atoms with Crippen molar-refractivity contribution in [3.05, 3.63) is 23.5 Å². The minimum Gasteiger partial charge on any atom is -0.494 e. The van der Waals surface area contributed by atoms with E-state index in [0.29, 0.717) is 6.42 Å². The van der Waals surface area contributed by atoms with E-state index in [0.717, 1.165) is 31.9 Å². The number of hydrogen-bond donors (Lipinski definition) is 3. The fourth-order valence-corrected chi connectivity index (χ4v) is 3.90. The molecule has 1 aromatic rings. The lowest BCUT2D eigenvalue weighted by molar-refractivity contribution is -0.135. The Hall–Kier alpha value is -2.69. The maximum Gasteiger partial charge on any atom is 0.322 e. The van der Waals surface area contributed by atoms with Gasteiger partial charge in [-0.05, 0) is 12.5 Å². The summed E-state index contributed by atoms with van der Waals surface area (Å²) in [5, 5.41) is 10.7. The third kappa shape index (κ3) is 10.3. The highest BCUT2D eigenvalue weighted by Crippen LogP contribution is 2.18. The topological polar surface area (TPSA) is 152 Å². The van der Waals surface area contributed by atoms with Gasteiger partial charge in [0.2, 0.25) is 10.0 Å². The molecule has 10 nitrogen and oxygen atoms in total. The van der Waals surface area contributed by atoms with Crippen LogP contribution in [0.3, 0.4) is 0 Å². The summed E-state index contributed by atoms with van der Waals surface area (Å²) >= 11 is 0. The van der Waals surface area contributed by atoms with Gasteiger partial charge in [-0.3, -0.25) is 14.4 Å². The Morgan fingerprint density at radius 1 is 1.03 bits per heavy atom. The van der Waals surface area contributed by atoms with Crippen LogP contribution in [0.1, 0.15) is 79.1 Å². The number of hydrogen-bond acceptors (Lipinski definition) is 7. The number of carbonyl (C=O) groups is 3. The molecule has 0 aliphatic rings. The maximum absolute atomic E-state index is 12.3. The van der Waals surface area contributed by atoms with Gasteiger partial charge < -0.3 is 15.2 Å². The van der Waals surface area contributed by atoms with E-state index in [1.54, 1.807) is 0 Å². The molecule has 2 amide bonds. The predicted octanol–water partition coefficient (Wildman–Crippen LogP) is 2.10. The summed E-state index contributed by atoms with van der Waals surface area (Å²) in [6, 6.07) is 1.17. The predicted molar refractivity (Wildman–Crippen MR) is 115 cm³/mol. The number of nitrogens with zero attached hydrogens (tertiary/aromatic N) is 1. The second-order valence-electron chi connectivity index (χ2n) is 7.08. The average molecular weight is 458 g/mol. The zero-order chi connectivity index (χ0) is 23.3. The van der Waals surface area contributed by atoms with Crippen LogP contribution in [-0.4, -0.2) is 55.7 Å². The molecule has 0 spiro atoms. The number of methoxy groups -OCH3 is 1. The summed E-state index contributed by atoms with van der Waals surface area (Å²) in [7, 11) is -2.57. The molecule has 0 atom stereocenters. The van der Waals surface area contributed by atoms with Crippen molar-refractivity contribution in [2.45, 2.75) is 58.3 Å². The number of carboxylic acid groups (broad SMARTS) is 1. The maximum atomic E-state index is 12.3. The van der Waals surface area contributed by atoms with Crippen molar-refractivity contribution >= 4 is 27.8 Å². The number of aromatic nitrogens is 1. The Morgan fingerprint density at radius 2 is 1.65 bits per heavy atom. The minimum atomic E-state index is -3.81. The standard InChI is InChI=1S/C20H31N3O7S/c1-3-4-5-6-7-8-9-10-11-31(28,29)23-19(26)15-12-16(30-2)18(21-13-15)20(27)22-14-17(24)25/h12-13H,3-11,14H2,1-2H3,(H,22,27)(H,23,26)(H,24,25). The smallest absolute Gasteiger partial charge is 0.322 e. The monoisotopic (exact) mass is 457 g/mol. The molecule has 0 aromatic carbocycles. The number of nitrogens with one attached hydrogen (secondary N) is 2. The van der Waals surface area contributed by atoms with Crippen molar-refractivity contribution in [3.63, 3.8) is 0 Å². The molecule has 0 saturated heterocycles. The first-order valence-corrected chi connectivity index (χ1v) is 11.9. The van der Waals surface area contributed by atoms with Crippen molar-refractivity contribution in [2.24, 2.45) is 0 Å². The van der Waals surface area contributed by atoms with Crippen LogP contribution in [0.25, 0.3) is 0 Å². The highest BCUT2D eigenvalue weighted by atomic mass is 32.2. The van der Waals surface area contributed by atoms with Gasteiger partial charge in [0.25, 0.3) is 11.8 Å². The van der Waals surface area contributed by atoms with Crippen molar-refractivity contribution in [1.82, 2.24) is 15.0 Å². The number of unbranched alkanes of at least 4 members (excludes halogenated alkanes) is 7. The number of carboxylic acids is 1. The molecule has 3 N–H and O–H groups in total. The Labute approximate surface area is 182 Å². The third-order valence-corrected chi connectivity index (χ3v) is 5.79. The van der Waals surface area contributed by atoms with Crippen LogP contribution in [0.2, 0.25) is 0 Å². The van der Waals surface area contributed by atoms with E-state index in [1.807, 2.05) is 4.72 Å². The molecule has 1 heterocycles. The summed E-state index contributed by atoms with van der Waals surface area (Å²) in [4.78, 5) is 38.6. The molecule has 0 fully saturated rings. The zero-order valence-electron chi connectivity index (χ0n) is 18.0. The molecule has 0 saturated carbocycles. The van der Waals surface area contributed by atoms with Gasteiger partial charge in [-0.15, -0.1) is 0 Å². The van der Waals surface area contributed by atoms with E-state index >= 15 is 0 Å². The van der Waals surface area contributed by atoms with E-state index in [1.165, 1.54) is 32.4 Å². The van der Waals surface area contributed by atoms with Crippen molar-refractivity contribution < 1.29 is 32.6 Å². The average Bonchev–Trinajstić information content (AvgIpc) is 2.72. The van der Waals surface area contributed by atoms with Crippen LogP contribution in [0, 0.1) is 0 Å². The summed E-state index contributed by atoms with van der Waals surface area (Å²) in [5.74, 6) is -3.16. The molecule has 1 aromatic heterocycles. The Morgan fingerprint density at radius 3 is 2.23 bits per heavy atom. The normalized spacial score (nSPS) is 11.0. The zero-order valence-corrected chi connectivity index (χ0v) is 18.8. The lowest BCUT2D eigenvalue weighted by Crippen LogP contribution is -2.33. The lowest BCUT2D eigenvalue weighted by Gasteiger charge is -2.10. The van der Waals surface area contributed by atoms with Crippen LogP contribution in [0.4, 0.5) is 0 Å². The van der Waals surface area contributed by atoms with Gasteiger partial charge in [-0.1, -0.05) is 51.9 Å². The van der Waals surface area contributed by atoms with Gasteiger partial charge in [0.15, 0.2) is 11.4 Å². The number of pyridine rings is 1. The van der Waals surface area contributed by atoms with Gasteiger partial charge in [-0.2, -0.15) is 0 Å². The van der Waals surface area contributed by atoms with Crippen LogP contribution in [-0.2, 0) is 14.8 Å². The molecule has 0 bridgehead atoms. The molecular weight excluding hydrogens is 426 g/mol. The first-order valence-electron chi connectivity index (χ1n) is 10.3. The molecule has 174 valence electrons. The highest BCUT2D eigenvalue weighted by molar-refractivity contribution is 7.90. The number of sulfonamides is 1. The van der Waals surface area contributed by atoms with E-state index in [9.17, 15) is 22.8 Å². The van der Waals surface area contributed by atoms with Crippen LogP contribution >= 0.6 is 0 Å². The Kier molecular flexibility index (Phi) is 11.5. The molecule has 11 heteroatoms. The van der Waals surface area contributed by atoms with Crippen LogP contribution in [0.5, 0.6) is 5.75 Å². The fraction of sp³-hybridized carbons (Fsp3) is 0.600. The Balaban J connectivity index is 2.59. The number of aliphatic carboxylic acids is 1. The molecule has 0 aliphatic heterocycles. The highest BCUT2D eigenvalue weighted by Gasteiger charge is 2.20. The van der Waals surface area contributed by atoms with E-state index in [4.69, 9.17) is 9.84 Å². The molecule has 0 radical (unpaired) electrons. The largest absolute Gasteiger partial charge is 0.494 e. The number of carbonyl (C=O) groups excluding carboxylic acids is 2. The van der Waals surface area contributed by atoms with Crippen LogP contribution < -0.4 is 14.8 Å². The molecule has 0 aliphatic carbocycles. The molecule has 1 rings (SSSR count). The summed E-state index contributed by atoms with van der Waals surface area (Å²) in [6.45, 7) is 1.54. The second-order valence-corrected chi connectivity index (χ2v) is 8.92. The second kappa shape index (κ2) is 13.6. The number of rotatable bonds is 15. The fourth-order valence-electron chi connectivity index (χ4n) is 2.81. The van der Waals surface area contributed by atoms with Crippen molar-refractivity contribution in [1.29, 1.82) is 0 Å². The van der Waals surface area contributed by atoms with Crippen molar-refractivity contribution in [2.75, 3.05) is 19.4 Å². The first-order chi connectivity index (χ1) is 14.7. The first kappa shape index (κ1) is 26.3. The summed E-state index contributed by atoms with van der Waals surface area (Å²) < 4.78 is 31.3. The van der Waals surface area contributed by atoms with Crippen LogP contribution in [0.15, 0.2) is 12.3 Å². The Bertz CT molecular complexity index is 856. The van der Waals surface area contributed by atoms with E-state index < -0.39 is 34.4 Å². The van der Waals surface area contributed by atoms with E-state index in [-0.39, 0.29) is 22.8 Å². The van der Waals surface area contributed by atoms with Gasteiger partial charge in [-0.25, -0.2) is 18.1 Å². The molecular formula is C20H31N3O7S. The molecule has 31 heavy (non-hydrogen) atoms.